The molecule has 1 N–H and O–H groups in total. The lowest BCUT2D eigenvalue weighted by molar-refractivity contribution is -0.139. The number of allylic oxidation sites excluding steroid dienone is 1. The van der Waals surface area contributed by atoms with Crippen molar-refractivity contribution in [2.45, 2.75) is 103 Å². The molecule has 0 bridgehead atoms. The molecule has 0 fully saturated rings. The van der Waals surface area contributed by atoms with Gasteiger partial charge in [-0.1, -0.05) is 102 Å². The Morgan fingerprint density at radius 3 is 2.03 bits per heavy atom. The van der Waals surface area contributed by atoms with E-state index < -0.39 is 11.9 Å². The summed E-state index contributed by atoms with van der Waals surface area (Å²) >= 11 is 0. The molecule has 0 spiro atoms. The molecular formula is C26H42O3. The van der Waals surface area contributed by atoms with Crippen LogP contribution < -0.4 is 4.74 Å². The van der Waals surface area contributed by atoms with Gasteiger partial charge in [-0.2, -0.15) is 0 Å². The minimum absolute atomic E-state index is 0.495. The summed E-state index contributed by atoms with van der Waals surface area (Å²) in [5.74, 6) is -0.579. The molecule has 0 saturated carbocycles. The Morgan fingerprint density at radius 2 is 1.55 bits per heavy atom. The smallest absolute Gasteiger partial charge is 0.311 e. The van der Waals surface area contributed by atoms with Crippen LogP contribution in [0.3, 0.4) is 0 Å². The maximum atomic E-state index is 11.8. The monoisotopic (exact) mass is 402 g/mol. The zero-order chi connectivity index (χ0) is 21.3. The van der Waals surface area contributed by atoms with Crippen LogP contribution in [-0.2, 0) is 11.2 Å². The molecule has 164 valence electrons. The summed E-state index contributed by atoms with van der Waals surface area (Å²) in [6.07, 6.45) is 18.7. The highest BCUT2D eigenvalue weighted by molar-refractivity contribution is 5.77. The highest BCUT2D eigenvalue weighted by atomic mass is 16.5. The van der Waals surface area contributed by atoms with Crippen molar-refractivity contribution in [2.24, 2.45) is 0 Å². The Bertz CT molecular complexity index is 579. The van der Waals surface area contributed by atoms with Crippen LogP contribution in [0.4, 0.5) is 0 Å². The van der Waals surface area contributed by atoms with Crippen LogP contribution in [-0.4, -0.2) is 18.2 Å². The third-order valence-corrected chi connectivity index (χ3v) is 5.70. The second-order valence-electron chi connectivity index (χ2n) is 8.14. The van der Waals surface area contributed by atoms with Gasteiger partial charge < -0.3 is 9.84 Å². The van der Waals surface area contributed by atoms with E-state index in [1.54, 1.807) is 7.11 Å². The molecule has 3 nitrogen and oxygen atoms in total. The fourth-order valence-corrected chi connectivity index (χ4v) is 3.94. The second-order valence-corrected chi connectivity index (χ2v) is 8.14. The van der Waals surface area contributed by atoms with Crippen molar-refractivity contribution >= 4 is 5.97 Å². The van der Waals surface area contributed by atoms with E-state index in [2.05, 4.69) is 13.5 Å². The van der Waals surface area contributed by atoms with Gasteiger partial charge in [-0.3, -0.25) is 4.79 Å². The van der Waals surface area contributed by atoms with Gasteiger partial charge in [-0.15, -0.1) is 6.58 Å². The van der Waals surface area contributed by atoms with Gasteiger partial charge >= 0.3 is 5.97 Å². The molecule has 1 unspecified atom stereocenters. The van der Waals surface area contributed by atoms with Crippen molar-refractivity contribution in [3.8, 4) is 5.75 Å². The predicted octanol–water partition coefficient (Wildman–Crippen LogP) is 7.68. The molecule has 0 saturated heterocycles. The van der Waals surface area contributed by atoms with Gasteiger partial charge in [-0.25, -0.2) is 0 Å². The van der Waals surface area contributed by atoms with Gasteiger partial charge in [0.2, 0.25) is 0 Å². The Kier molecular flexibility index (Phi) is 14.0. The second kappa shape index (κ2) is 16.1. The van der Waals surface area contributed by atoms with Crippen molar-refractivity contribution < 1.29 is 14.6 Å². The first kappa shape index (κ1) is 25.3. The summed E-state index contributed by atoms with van der Waals surface area (Å²) in [4.78, 5) is 11.8. The summed E-state index contributed by atoms with van der Waals surface area (Å²) in [6, 6.07) is 5.84. The number of unbranched alkanes of at least 4 members (excludes halogenated alkanes) is 11. The first-order valence-corrected chi connectivity index (χ1v) is 11.6. The van der Waals surface area contributed by atoms with Crippen molar-refractivity contribution in [1.82, 2.24) is 0 Å². The largest absolute Gasteiger partial charge is 0.496 e. The van der Waals surface area contributed by atoms with Crippen LogP contribution >= 0.6 is 0 Å². The SMILES string of the molecule is C=CCc1ccc(C(CCCCCCCCCCCCCC)C(=O)O)c(OC)c1. The van der Waals surface area contributed by atoms with Crippen molar-refractivity contribution in [2.75, 3.05) is 7.11 Å². The van der Waals surface area contributed by atoms with Crippen molar-refractivity contribution in [1.29, 1.82) is 0 Å². The third kappa shape index (κ3) is 10.5. The van der Waals surface area contributed by atoms with E-state index in [1.165, 1.54) is 64.2 Å². The number of benzene rings is 1. The number of hydrogen-bond donors (Lipinski definition) is 1. The van der Waals surface area contributed by atoms with Crippen LogP contribution in [0.15, 0.2) is 30.9 Å². The molecule has 0 aliphatic carbocycles. The maximum Gasteiger partial charge on any atom is 0.311 e. The minimum atomic E-state index is -0.761. The van der Waals surface area contributed by atoms with Gasteiger partial charge in [0.05, 0.1) is 13.0 Å². The summed E-state index contributed by atoms with van der Waals surface area (Å²) in [7, 11) is 1.61. The van der Waals surface area contributed by atoms with E-state index in [4.69, 9.17) is 4.74 Å². The number of methoxy groups -OCH3 is 1. The normalized spacial score (nSPS) is 11.9. The van der Waals surface area contributed by atoms with Crippen LogP contribution in [0, 0.1) is 0 Å². The van der Waals surface area contributed by atoms with Gasteiger partial charge in [-0.05, 0) is 24.5 Å². The van der Waals surface area contributed by atoms with Crippen LogP contribution in [0.25, 0.3) is 0 Å². The fraction of sp³-hybridized carbons (Fsp3) is 0.654. The number of aliphatic carboxylic acids is 1. The van der Waals surface area contributed by atoms with E-state index in [0.717, 1.165) is 30.4 Å². The minimum Gasteiger partial charge on any atom is -0.496 e. The first-order chi connectivity index (χ1) is 14.1. The Morgan fingerprint density at radius 1 is 1.00 bits per heavy atom. The Labute approximate surface area is 178 Å². The fourth-order valence-electron chi connectivity index (χ4n) is 3.94. The Balaban J connectivity index is 2.30. The molecule has 1 atom stereocenters. The van der Waals surface area contributed by atoms with E-state index in [9.17, 15) is 9.90 Å². The summed E-state index contributed by atoms with van der Waals surface area (Å²) in [6.45, 7) is 6.02. The number of ether oxygens (including phenoxy) is 1. The third-order valence-electron chi connectivity index (χ3n) is 5.70. The van der Waals surface area contributed by atoms with Gasteiger partial charge in [0.1, 0.15) is 5.75 Å². The van der Waals surface area contributed by atoms with E-state index in [1.807, 2.05) is 24.3 Å². The van der Waals surface area contributed by atoms with E-state index in [0.29, 0.717) is 12.2 Å². The topological polar surface area (TPSA) is 46.5 Å². The summed E-state index contributed by atoms with van der Waals surface area (Å²) < 4.78 is 5.48. The number of hydrogen-bond acceptors (Lipinski definition) is 2. The van der Waals surface area contributed by atoms with Crippen molar-refractivity contribution in [3.63, 3.8) is 0 Å². The molecular weight excluding hydrogens is 360 g/mol. The molecule has 0 aromatic heterocycles. The first-order valence-electron chi connectivity index (χ1n) is 11.6. The molecule has 29 heavy (non-hydrogen) atoms. The van der Waals surface area contributed by atoms with E-state index >= 15 is 0 Å². The molecule has 1 aromatic carbocycles. The average molecular weight is 403 g/mol. The molecule has 0 aliphatic rings. The molecule has 0 heterocycles. The molecule has 3 heteroatoms. The lowest BCUT2D eigenvalue weighted by atomic mass is 9.91. The Hall–Kier alpha value is -1.77. The molecule has 1 rings (SSSR count). The molecule has 1 aromatic rings. The van der Waals surface area contributed by atoms with Crippen LogP contribution in [0.5, 0.6) is 5.75 Å². The zero-order valence-corrected chi connectivity index (χ0v) is 18.8. The average Bonchev–Trinajstić information content (AvgIpc) is 2.72. The van der Waals surface area contributed by atoms with Crippen LogP contribution in [0.2, 0.25) is 0 Å². The number of rotatable bonds is 18. The summed E-state index contributed by atoms with van der Waals surface area (Å²) in [5, 5.41) is 9.72. The van der Waals surface area contributed by atoms with Crippen LogP contribution in [0.1, 0.15) is 107 Å². The van der Waals surface area contributed by atoms with Crippen molar-refractivity contribution in [3.05, 3.63) is 42.0 Å². The number of carboxylic acids is 1. The van der Waals surface area contributed by atoms with Gasteiger partial charge in [0, 0.05) is 5.56 Å². The van der Waals surface area contributed by atoms with E-state index in [-0.39, 0.29) is 0 Å². The standard InChI is InChI=1S/C26H42O3/c1-4-6-7-8-9-10-11-12-13-14-15-16-18-24(26(27)28)23-20-19-22(17-5-2)21-25(23)29-3/h5,19-21,24H,2,4,6-18H2,1,3H3,(H,27,28). The maximum absolute atomic E-state index is 11.8. The van der Waals surface area contributed by atoms with Gasteiger partial charge in [0.15, 0.2) is 0 Å². The quantitative estimate of drug-likeness (QED) is 0.202. The highest BCUT2D eigenvalue weighted by Crippen LogP contribution is 2.32. The predicted molar refractivity (Wildman–Crippen MR) is 123 cm³/mol. The molecule has 0 amide bonds. The van der Waals surface area contributed by atoms with Gasteiger partial charge in [0.25, 0.3) is 0 Å². The molecule has 0 radical (unpaired) electrons. The lowest BCUT2D eigenvalue weighted by Crippen LogP contribution is -2.13. The summed E-state index contributed by atoms with van der Waals surface area (Å²) in [5.41, 5.74) is 1.88. The number of carboxylic acid groups (broad SMARTS) is 1. The lowest BCUT2D eigenvalue weighted by Gasteiger charge is -2.17. The number of carbonyl (C=O) groups is 1. The highest BCUT2D eigenvalue weighted by Gasteiger charge is 2.23. The molecule has 0 aliphatic heterocycles. The zero-order valence-electron chi connectivity index (χ0n) is 18.8.